The van der Waals surface area contributed by atoms with Gasteiger partial charge in [0.05, 0.1) is 6.07 Å². The summed E-state index contributed by atoms with van der Waals surface area (Å²) in [6.07, 6.45) is 7.31. The van der Waals surface area contributed by atoms with Gasteiger partial charge in [-0.2, -0.15) is 5.26 Å². The average Bonchev–Trinajstić information content (AvgIpc) is 2.82. The molecule has 3 nitrogen and oxygen atoms in total. The van der Waals surface area contributed by atoms with Crippen LogP contribution in [0.1, 0.15) is 66.2 Å². The molecule has 0 radical (unpaired) electrons. The predicted molar refractivity (Wildman–Crippen MR) is 88.0 cm³/mol. The Morgan fingerprint density at radius 3 is 2.71 bits per heavy atom. The summed E-state index contributed by atoms with van der Waals surface area (Å²) >= 11 is 0. The van der Waals surface area contributed by atoms with E-state index in [4.69, 9.17) is 0 Å². The fourth-order valence-electron chi connectivity index (χ4n) is 4.37. The van der Waals surface area contributed by atoms with Crippen LogP contribution in [0.3, 0.4) is 0 Å². The lowest BCUT2D eigenvalue weighted by Gasteiger charge is -2.39. The molecule has 1 aliphatic heterocycles. The topological polar surface area (TPSA) is 39.1 Å². The molecule has 1 aliphatic carbocycles. The molecule has 0 spiro atoms. The summed E-state index contributed by atoms with van der Waals surface area (Å²) in [5, 5.41) is 13.3. The fourth-order valence-corrected chi connectivity index (χ4v) is 4.37. The van der Waals surface area contributed by atoms with Crippen LogP contribution < -0.4 is 5.32 Å². The highest BCUT2D eigenvalue weighted by molar-refractivity contribution is 5.14. The Morgan fingerprint density at radius 1 is 1.29 bits per heavy atom. The summed E-state index contributed by atoms with van der Waals surface area (Å²) in [6.45, 7) is 11.5. The van der Waals surface area contributed by atoms with E-state index in [2.05, 4.69) is 44.0 Å². The maximum Gasteiger partial charge on any atom is 0.109 e. The van der Waals surface area contributed by atoms with Gasteiger partial charge < -0.3 is 4.90 Å². The Labute approximate surface area is 131 Å². The first-order valence-corrected chi connectivity index (χ1v) is 8.90. The van der Waals surface area contributed by atoms with Gasteiger partial charge in [0, 0.05) is 18.6 Å². The molecule has 1 heterocycles. The molecule has 0 aromatic rings. The standard InChI is InChI=1S/C18H33N3/c1-14(2)20-18(13-19)10-5-6-17(18)9-11-21-12-15(3)7-8-16(21)4/h14-17,20H,5-12H2,1-4H3. The average molecular weight is 291 g/mol. The lowest BCUT2D eigenvalue weighted by Crippen LogP contribution is -2.51. The van der Waals surface area contributed by atoms with Crippen LogP contribution in [0.15, 0.2) is 0 Å². The first kappa shape index (κ1) is 16.8. The zero-order chi connectivity index (χ0) is 15.5. The van der Waals surface area contributed by atoms with Gasteiger partial charge in [-0.1, -0.05) is 13.3 Å². The molecule has 1 saturated heterocycles. The maximum absolute atomic E-state index is 9.74. The van der Waals surface area contributed by atoms with Crippen molar-refractivity contribution in [3.8, 4) is 6.07 Å². The normalized spacial score (nSPS) is 37.8. The fraction of sp³-hybridized carbons (Fsp3) is 0.944. The van der Waals surface area contributed by atoms with E-state index >= 15 is 0 Å². The quantitative estimate of drug-likeness (QED) is 0.842. The highest BCUT2D eigenvalue weighted by Gasteiger charge is 2.43. The molecule has 1 saturated carbocycles. The van der Waals surface area contributed by atoms with E-state index in [0.717, 1.165) is 18.4 Å². The van der Waals surface area contributed by atoms with E-state index < -0.39 is 0 Å². The molecule has 21 heavy (non-hydrogen) atoms. The van der Waals surface area contributed by atoms with Crippen LogP contribution in [0.25, 0.3) is 0 Å². The highest BCUT2D eigenvalue weighted by Crippen LogP contribution is 2.38. The third-order valence-electron chi connectivity index (χ3n) is 5.58. The second-order valence-corrected chi connectivity index (χ2v) is 7.79. The van der Waals surface area contributed by atoms with Gasteiger partial charge in [-0.05, 0) is 71.3 Å². The second kappa shape index (κ2) is 7.11. The van der Waals surface area contributed by atoms with Crippen LogP contribution in [0.2, 0.25) is 0 Å². The van der Waals surface area contributed by atoms with Crippen LogP contribution in [-0.4, -0.2) is 35.6 Å². The monoisotopic (exact) mass is 291 g/mol. The zero-order valence-corrected chi connectivity index (χ0v) is 14.4. The van der Waals surface area contributed by atoms with Crippen molar-refractivity contribution in [2.45, 2.75) is 83.8 Å². The van der Waals surface area contributed by atoms with Gasteiger partial charge in [-0.25, -0.2) is 0 Å². The zero-order valence-electron chi connectivity index (χ0n) is 14.4. The number of nitriles is 1. The molecule has 4 atom stereocenters. The number of likely N-dealkylation sites (tertiary alicyclic amines) is 1. The van der Waals surface area contributed by atoms with Gasteiger partial charge in [0.1, 0.15) is 5.54 Å². The predicted octanol–water partition coefficient (Wildman–Crippen LogP) is 3.56. The van der Waals surface area contributed by atoms with Gasteiger partial charge in [-0.3, -0.25) is 5.32 Å². The summed E-state index contributed by atoms with van der Waals surface area (Å²) < 4.78 is 0. The molecular formula is C18H33N3. The van der Waals surface area contributed by atoms with Crippen molar-refractivity contribution in [3.05, 3.63) is 0 Å². The van der Waals surface area contributed by atoms with E-state index in [0.29, 0.717) is 12.0 Å². The molecule has 4 unspecified atom stereocenters. The number of nitrogens with one attached hydrogen (secondary N) is 1. The maximum atomic E-state index is 9.74. The van der Waals surface area contributed by atoms with Gasteiger partial charge in [-0.15, -0.1) is 0 Å². The van der Waals surface area contributed by atoms with Gasteiger partial charge >= 0.3 is 0 Å². The van der Waals surface area contributed by atoms with E-state index in [9.17, 15) is 5.26 Å². The van der Waals surface area contributed by atoms with Crippen LogP contribution in [-0.2, 0) is 0 Å². The Bertz CT molecular complexity index is 373. The van der Waals surface area contributed by atoms with Crippen LogP contribution >= 0.6 is 0 Å². The third-order valence-corrected chi connectivity index (χ3v) is 5.58. The van der Waals surface area contributed by atoms with Crippen molar-refractivity contribution in [3.63, 3.8) is 0 Å². The summed E-state index contributed by atoms with van der Waals surface area (Å²) in [4.78, 5) is 2.66. The number of nitrogens with zero attached hydrogens (tertiary/aromatic N) is 2. The summed E-state index contributed by atoms with van der Waals surface area (Å²) in [5.41, 5.74) is -0.265. The first-order chi connectivity index (χ1) is 9.97. The van der Waals surface area contributed by atoms with Crippen molar-refractivity contribution in [1.82, 2.24) is 10.2 Å². The Hall–Kier alpha value is -0.590. The Morgan fingerprint density at radius 2 is 2.05 bits per heavy atom. The smallest absolute Gasteiger partial charge is 0.109 e. The molecule has 0 bridgehead atoms. The Balaban J connectivity index is 1.93. The largest absolute Gasteiger partial charge is 0.300 e. The number of hydrogen-bond donors (Lipinski definition) is 1. The highest BCUT2D eigenvalue weighted by atomic mass is 15.2. The summed E-state index contributed by atoms with van der Waals surface area (Å²) in [7, 11) is 0. The molecule has 2 aliphatic rings. The van der Waals surface area contributed by atoms with E-state index in [-0.39, 0.29) is 5.54 Å². The van der Waals surface area contributed by atoms with Crippen molar-refractivity contribution < 1.29 is 0 Å². The van der Waals surface area contributed by atoms with E-state index in [1.807, 2.05) is 0 Å². The SMILES string of the molecule is CC1CCC(C)N(CCC2CCCC2(C#N)NC(C)C)C1. The summed E-state index contributed by atoms with van der Waals surface area (Å²) in [6, 6.07) is 3.74. The van der Waals surface area contributed by atoms with Crippen molar-refractivity contribution in [2.24, 2.45) is 11.8 Å². The molecule has 2 rings (SSSR count). The lowest BCUT2D eigenvalue weighted by atomic mass is 9.84. The number of rotatable bonds is 5. The van der Waals surface area contributed by atoms with Gasteiger partial charge in [0.15, 0.2) is 0 Å². The van der Waals surface area contributed by atoms with Crippen LogP contribution in [0.5, 0.6) is 0 Å². The molecule has 1 N–H and O–H groups in total. The molecular weight excluding hydrogens is 258 g/mol. The van der Waals surface area contributed by atoms with Crippen LogP contribution in [0.4, 0.5) is 0 Å². The number of piperidine rings is 1. The van der Waals surface area contributed by atoms with E-state index in [1.165, 1.54) is 45.2 Å². The third kappa shape index (κ3) is 3.99. The van der Waals surface area contributed by atoms with Crippen LogP contribution in [0, 0.1) is 23.2 Å². The van der Waals surface area contributed by atoms with Crippen molar-refractivity contribution >= 4 is 0 Å². The van der Waals surface area contributed by atoms with E-state index in [1.54, 1.807) is 0 Å². The molecule has 120 valence electrons. The van der Waals surface area contributed by atoms with Crippen molar-refractivity contribution in [2.75, 3.05) is 13.1 Å². The Kier molecular flexibility index (Phi) is 5.68. The molecule has 2 fully saturated rings. The first-order valence-electron chi connectivity index (χ1n) is 8.90. The van der Waals surface area contributed by atoms with Crippen molar-refractivity contribution in [1.29, 1.82) is 5.26 Å². The number of hydrogen-bond acceptors (Lipinski definition) is 3. The van der Waals surface area contributed by atoms with Gasteiger partial charge in [0.2, 0.25) is 0 Å². The minimum absolute atomic E-state index is 0.265. The molecule has 0 aromatic heterocycles. The molecule has 3 heteroatoms. The van der Waals surface area contributed by atoms with Gasteiger partial charge in [0.25, 0.3) is 0 Å². The minimum Gasteiger partial charge on any atom is -0.300 e. The second-order valence-electron chi connectivity index (χ2n) is 7.79. The minimum atomic E-state index is -0.265. The lowest BCUT2D eigenvalue weighted by molar-refractivity contribution is 0.111. The molecule has 0 aromatic carbocycles. The summed E-state index contributed by atoms with van der Waals surface area (Å²) in [5.74, 6) is 1.36. The molecule has 0 amide bonds.